The molecule has 0 fully saturated rings. The van der Waals surface area contributed by atoms with Crippen molar-refractivity contribution >= 4 is 42.1 Å². The zero-order valence-electron chi connectivity index (χ0n) is 15.2. The number of benzene rings is 1. The van der Waals surface area contributed by atoms with Crippen molar-refractivity contribution in [2.75, 3.05) is 0 Å². The van der Waals surface area contributed by atoms with Gasteiger partial charge in [-0.1, -0.05) is 30.7 Å². The van der Waals surface area contributed by atoms with Gasteiger partial charge in [-0.25, -0.2) is 14.5 Å². The summed E-state index contributed by atoms with van der Waals surface area (Å²) >= 11 is 6.11. The lowest BCUT2D eigenvalue weighted by Gasteiger charge is -2.17. The Kier molecular flexibility index (Phi) is 5.76. The molecule has 0 saturated heterocycles. The average molecular weight is 433 g/mol. The van der Waals surface area contributed by atoms with Crippen LogP contribution in [0.5, 0.6) is 0 Å². The average Bonchev–Trinajstić information content (AvgIpc) is 3.30. The molecule has 1 aromatic carbocycles. The molecule has 0 saturated carbocycles. The van der Waals surface area contributed by atoms with Gasteiger partial charge in [0.25, 0.3) is 5.56 Å². The van der Waals surface area contributed by atoms with Crippen LogP contribution >= 0.6 is 25.1 Å². The number of rotatable bonds is 5. The topological polar surface area (TPSA) is 119 Å². The molecule has 3 aromatic heterocycles. The smallest absolute Gasteiger partial charge is 0.338 e. The molecule has 0 spiro atoms. The highest BCUT2D eigenvalue weighted by Gasteiger charge is 2.20. The highest BCUT2D eigenvalue weighted by Crippen LogP contribution is 2.26. The van der Waals surface area contributed by atoms with Gasteiger partial charge < -0.3 is 5.11 Å². The van der Waals surface area contributed by atoms with Crippen LogP contribution in [0, 0.1) is 0 Å². The number of nitrogens with zero attached hydrogens (tertiary/aromatic N) is 5. The zero-order valence-corrected chi connectivity index (χ0v) is 17.0. The number of carboxylic acids is 1. The van der Waals surface area contributed by atoms with Crippen molar-refractivity contribution in [2.45, 2.75) is 19.4 Å². The number of hydrogen-bond donors (Lipinski definition) is 2. The van der Waals surface area contributed by atoms with Crippen LogP contribution in [0.3, 0.4) is 0 Å². The Morgan fingerprint density at radius 2 is 2.10 bits per heavy atom. The number of halogens is 1. The first-order valence-corrected chi connectivity index (χ1v) is 8.87. The molecule has 0 radical (unpaired) electrons. The molecule has 150 valence electrons. The van der Waals surface area contributed by atoms with E-state index in [2.05, 4.69) is 20.2 Å². The van der Waals surface area contributed by atoms with Crippen LogP contribution < -0.4 is 5.56 Å². The lowest BCUT2D eigenvalue weighted by atomic mass is 10.0. The number of hydrogen-bond acceptors (Lipinski definition) is 5. The fraction of sp³-hybridized carbons (Fsp3) is 0.167. The molecule has 2 N–H and O–H groups in total. The highest BCUT2D eigenvalue weighted by molar-refractivity contribution is 7.59. The van der Waals surface area contributed by atoms with Gasteiger partial charge in [0.05, 0.1) is 24.0 Å². The fourth-order valence-electron chi connectivity index (χ4n) is 3.12. The maximum atomic E-state index is 12.8. The van der Waals surface area contributed by atoms with E-state index in [1.54, 1.807) is 10.7 Å². The summed E-state index contributed by atoms with van der Waals surface area (Å²) in [5.74, 6) is -1.00. The predicted molar refractivity (Wildman–Crippen MR) is 112 cm³/mol. The third-order valence-electron chi connectivity index (χ3n) is 4.40. The van der Waals surface area contributed by atoms with E-state index in [-0.39, 0.29) is 31.0 Å². The summed E-state index contributed by atoms with van der Waals surface area (Å²) in [4.78, 5) is 30.8. The van der Waals surface area contributed by atoms with Gasteiger partial charge in [0.2, 0.25) is 5.95 Å². The molecule has 29 heavy (non-hydrogen) atoms. The lowest BCUT2D eigenvalue weighted by Crippen LogP contribution is -2.19. The van der Waals surface area contributed by atoms with Crippen LogP contribution in [0.4, 0.5) is 0 Å². The molecule has 4 rings (SSSR count). The second kappa shape index (κ2) is 8.10. The van der Waals surface area contributed by atoms with Gasteiger partial charge in [-0.2, -0.15) is 23.7 Å². The van der Waals surface area contributed by atoms with Crippen molar-refractivity contribution < 1.29 is 9.90 Å². The minimum absolute atomic E-state index is 0. The Morgan fingerprint density at radius 3 is 2.76 bits per heavy atom. The zero-order chi connectivity index (χ0) is 19.8. The van der Waals surface area contributed by atoms with Gasteiger partial charge in [-0.05, 0) is 24.1 Å². The third-order valence-corrected chi connectivity index (χ3v) is 4.64. The van der Waals surface area contributed by atoms with Gasteiger partial charge in [0, 0.05) is 11.2 Å². The Balaban J connectivity index is 0.00000240. The van der Waals surface area contributed by atoms with Gasteiger partial charge in [-0.15, -0.1) is 0 Å². The maximum absolute atomic E-state index is 12.8. The van der Waals surface area contributed by atoms with Crippen molar-refractivity contribution in [2.24, 2.45) is 0 Å². The van der Waals surface area contributed by atoms with E-state index in [1.807, 2.05) is 25.1 Å². The summed E-state index contributed by atoms with van der Waals surface area (Å²) in [5.41, 5.74) is 1.23. The lowest BCUT2D eigenvalue weighted by molar-refractivity contribution is 0.0697. The largest absolute Gasteiger partial charge is 0.478 e. The minimum Gasteiger partial charge on any atom is -0.478 e. The van der Waals surface area contributed by atoms with Crippen LogP contribution in [0.1, 0.15) is 35.3 Å². The molecule has 1 atom stereocenters. The monoisotopic (exact) mass is 432 g/mol. The number of aromatic amines is 1. The maximum Gasteiger partial charge on any atom is 0.338 e. The normalized spacial score (nSPS) is 11.9. The summed E-state index contributed by atoms with van der Waals surface area (Å²) in [6.07, 6.45) is 4.65. The molecule has 9 nitrogen and oxygen atoms in total. The van der Waals surface area contributed by atoms with E-state index in [4.69, 9.17) is 16.7 Å². The number of carbonyl (C=O) groups is 1. The van der Waals surface area contributed by atoms with E-state index < -0.39 is 11.5 Å². The molecule has 4 aromatic rings. The fourth-order valence-corrected chi connectivity index (χ4v) is 3.31. The van der Waals surface area contributed by atoms with Crippen molar-refractivity contribution in [3.63, 3.8) is 0 Å². The van der Waals surface area contributed by atoms with E-state index >= 15 is 0 Å². The first-order chi connectivity index (χ1) is 13.5. The number of aromatic nitrogens is 6. The molecule has 0 aliphatic heterocycles. The SMILES string of the molecule is CC[C@@H](c1cccc(Cl)c1)n1ncc2nc(-n3cc(C(=O)O)cn3)[nH]c(=O)c21.S. The highest BCUT2D eigenvalue weighted by atomic mass is 35.5. The standard InChI is InChI=1S/C18H15ClN6O3.H2S/c1-2-14(10-4-3-5-12(19)6-10)25-15-13(8-21-25)22-18(23-16(15)26)24-9-11(7-20-24)17(27)28;/h3-9,14H,2H2,1H3,(H,27,28)(H,22,23,26);1H2/t14-;/m0./s1. The van der Waals surface area contributed by atoms with Crippen molar-refractivity contribution in [3.8, 4) is 5.95 Å². The molecular formula is C18H17ClN6O3S. The number of H-pyrrole nitrogens is 1. The van der Waals surface area contributed by atoms with Gasteiger partial charge in [0.15, 0.2) is 5.52 Å². The van der Waals surface area contributed by atoms with Gasteiger partial charge in [0.1, 0.15) is 5.52 Å². The second-order valence-corrected chi connectivity index (χ2v) is 6.61. The van der Waals surface area contributed by atoms with Crippen molar-refractivity contribution in [3.05, 3.63) is 69.4 Å². The molecule has 0 aliphatic carbocycles. The summed E-state index contributed by atoms with van der Waals surface area (Å²) in [6, 6.07) is 7.23. The number of nitrogens with one attached hydrogen (secondary N) is 1. The van der Waals surface area contributed by atoms with E-state index in [0.717, 1.165) is 5.56 Å². The van der Waals surface area contributed by atoms with E-state index in [1.165, 1.54) is 23.3 Å². The second-order valence-electron chi connectivity index (χ2n) is 6.17. The quantitative estimate of drug-likeness (QED) is 0.500. The summed E-state index contributed by atoms with van der Waals surface area (Å²) in [6.45, 7) is 1.99. The van der Waals surface area contributed by atoms with Crippen LogP contribution in [0.2, 0.25) is 5.02 Å². The molecule has 0 aliphatic rings. The summed E-state index contributed by atoms with van der Waals surface area (Å²) < 4.78 is 2.83. The third kappa shape index (κ3) is 3.76. The van der Waals surface area contributed by atoms with Crippen LogP contribution in [-0.2, 0) is 0 Å². The first kappa shape index (κ1) is 20.6. The van der Waals surface area contributed by atoms with E-state index in [0.29, 0.717) is 22.5 Å². The van der Waals surface area contributed by atoms with Crippen LogP contribution in [0.15, 0.2) is 47.7 Å². The Bertz CT molecular complexity index is 1250. The Labute approximate surface area is 176 Å². The molecular weight excluding hydrogens is 416 g/mol. The van der Waals surface area contributed by atoms with Crippen molar-refractivity contribution in [1.29, 1.82) is 0 Å². The number of carboxylic acid groups (broad SMARTS) is 1. The molecule has 0 unspecified atom stereocenters. The predicted octanol–water partition coefficient (Wildman–Crippen LogP) is 2.77. The minimum atomic E-state index is -1.12. The Morgan fingerprint density at radius 1 is 1.31 bits per heavy atom. The number of aromatic carboxylic acids is 1. The molecule has 0 amide bonds. The van der Waals surface area contributed by atoms with E-state index in [9.17, 15) is 9.59 Å². The first-order valence-electron chi connectivity index (χ1n) is 8.49. The van der Waals surface area contributed by atoms with Crippen LogP contribution in [-0.4, -0.2) is 40.6 Å². The number of fused-ring (bicyclic) bond motifs is 1. The van der Waals surface area contributed by atoms with Gasteiger partial charge in [-0.3, -0.25) is 14.5 Å². The molecule has 0 bridgehead atoms. The van der Waals surface area contributed by atoms with Crippen molar-refractivity contribution in [1.82, 2.24) is 29.5 Å². The summed E-state index contributed by atoms with van der Waals surface area (Å²) in [7, 11) is 0. The van der Waals surface area contributed by atoms with Gasteiger partial charge >= 0.3 is 5.97 Å². The molecule has 11 heteroatoms. The summed E-state index contributed by atoms with van der Waals surface area (Å²) in [5, 5.41) is 17.9. The van der Waals surface area contributed by atoms with Crippen LogP contribution in [0.25, 0.3) is 17.0 Å². The Hall–Kier alpha value is -3.11. The molecule has 3 heterocycles.